The molecule has 21 heavy (non-hydrogen) atoms. The van der Waals surface area contributed by atoms with Gasteiger partial charge in [0.15, 0.2) is 5.78 Å². The third-order valence-corrected chi connectivity index (χ3v) is 3.25. The zero-order valence-corrected chi connectivity index (χ0v) is 12.1. The number of carbonyl (C=O) groups is 2. The first-order valence-corrected chi connectivity index (χ1v) is 6.76. The molecule has 2 rings (SSSR count). The Morgan fingerprint density at radius 2 is 1.48 bits per heavy atom. The Morgan fingerprint density at radius 1 is 0.905 bits per heavy atom. The van der Waals surface area contributed by atoms with Gasteiger partial charge in [-0.15, -0.1) is 0 Å². The summed E-state index contributed by atoms with van der Waals surface area (Å²) in [6.45, 7) is 1.97. The topological polar surface area (TPSA) is 58.2 Å². The number of Topliss-reactive ketones (excluding diaryl/α,β-unsaturated/α-hetero) is 1. The van der Waals surface area contributed by atoms with Crippen LogP contribution in [0.25, 0.3) is 0 Å². The van der Waals surface area contributed by atoms with Crippen molar-refractivity contribution in [3.8, 4) is 0 Å². The van der Waals surface area contributed by atoms with Crippen LogP contribution in [-0.4, -0.2) is 18.7 Å². The van der Waals surface area contributed by atoms with Crippen LogP contribution in [0, 0.1) is 0 Å². The lowest BCUT2D eigenvalue weighted by Gasteiger charge is -2.07. The van der Waals surface area contributed by atoms with Gasteiger partial charge in [-0.3, -0.25) is 9.59 Å². The van der Waals surface area contributed by atoms with Crippen LogP contribution >= 0.6 is 0 Å². The normalized spacial score (nSPS) is 10.0. The monoisotopic (exact) mass is 282 g/mol. The van der Waals surface area contributed by atoms with Gasteiger partial charge in [-0.1, -0.05) is 24.3 Å². The van der Waals surface area contributed by atoms with Gasteiger partial charge in [0, 0.05) is 30.4 Å². The number of anilines is 1. The second-order valence-electron chi connectivity index (χ2n) is 4.76. The fraction of sp³-hybridized carbons (Fsp3) is 0.176. The molecule has 0 spiro atoms. The van der Waals surface area contributed by atoms with E-state index in [0.29, 0.717) is 17.7 Å². The molecular formula is C17H18N2O2. The Hall–Kier alpha value is -2.62. The SMILES string of the molecule is CNc1ccc(CNC(=O)c2ccc(C(C)=O)cc2)cc1. The molecule has 1 amide bonds. The van der Waals surface area contributed by atoms with E-state index in [1.54, 1.807) is 24.3 Å². The molecule has 0 fully saturated rings. The van der Waals surface area contributed by atoms with Crippen molar-refractivity contribution in [2.24, 2.45) is 0 Å². The molecule has 0 saturated carbocycles. The van der Waals surface area contributed by atoms with Crippen LogP contribution in [0.4, 0.5) is 5.69 Å². The molecule has 0 unspecified atom stereocenters. The zero-order valence-electron chi connectivity index (χ0n) is 12.1. The number of benzene rings is 2. The number of amides is 1. The molecular weight excluding hydrogens is 264 g/mol. The summed E-state index contributed by atoms with van der Waals surface area (Å²) in [5, 5.41) is 5.90. The summed E-state index contributed by atoms with van der Waals surface area (Å²) in [6, 6.07) is 14.5. The molecule has 2 aromatic rings. The van der Waals surface area contributed by atoms with Crippen LogP contribution in [0.2, 0.25) is 0 Å². The van der Waals surface area contributed by atoms with Gasteiger partial charge in [-0.25, -0.2) is 0 Å². The van der Waals surface area contributed by atoms with Gasteiger partial charge in [-0.2, -0.15) is 0 Å². The molecule has 108 valence electrons. The lowest BCUT2D eigenvalue weighted by molar-refractivity contribution is 0.0949. The minimum atomic E-state index is -0.150. The Bertz CT molecular complexity index is 631. The van der Waals surface area contributed by atoms with Crippen LogP contribution in [0.3, 0.4) is 0 Å². The second kappa shape index (κ2) is 6.70. The molecule has 4 heteroatoms. The Balaban J connectivity index is 1.95. The van der Waals surface area contributed by atoms with Crippen LogP contribution in [-0.2, 0) is 6.54 Å². The number of nitrogens with one attached hydrogen (secondary N) is 2. The van der Waals surface area contributed by atoms with Crippen LogP contribution in [0.1, 0.15) is 33.2 Å². The summed E-state index contributed by atoms with van der Waals surface area (Å²) in [5.74, 6) is -0.158. The average molecular weight is 282 g/mol. The summed E-state index contributed by atoms with van der Waals surface area (Å²) in [4.78, 5) is 23.2. The summed E-state index contributed by atoms with van der Waals surface area (Å²) in [6.07, 6.45) is 0. The van der Waals surface area contributed by atoms with Crippen LogP contribution < -0.4 is 10.6 Å². The van der Waals surface area contributed by atoms with Crippen molar-refractivity contribution in [2.45, 2.75) is 13.5 Å². The molecule has 0 heterocycles. The first-order valence-electron chi connectivity index (χ1n) is 6.76. The van der Waals surface area contributed by atoms with E-state index in [4.69, 9.17) is 0 Å². The lowest BCUT2D eigenvalue weighted by Crippen LogP contribution is -2.22. The zero-order chi connectivity index (χ0) is 15.2. The van der Waals surface area contributed by atoms with Crippen molar-refractivity contribution >= 4 is 17.4 Å². The standard InChI is InChI=1S/C17H18N2O2/c1-12(20)14-5-7-15(8-6-14)17(21)19-11-13-3-9-16(18-2)10-4-13/h3-10,18H,11H2,1-2H3,(H,19,21). The Kier molecular flexibility index (Phi) is 4.72. The number of rotatable bonds is 5. The molecule has 2 N–H and O–H groups in total. The van der Waals surface area contributed by atoms with E-state index in [9.17, 15) is 9.59 Å². The molecule has 0 saturated heterocycles. The predicted octanol–water partition coefficient (Wildman–Crippen LogP) is 2.86. The highest BCUT2D eigenvalue weighted by atomic mass is 16.1. The molecule has 0 radical (unpaired) electrons. The molecule has 0 aromatic heterocycles. The van der Waals surface area contributed by atoms with Gasteiger partial charge in [0.05, 0.1) is 0 Å². The maximum absolute atomic E-state index is 12.0. The highest BCUT2D eigenvalue weighted by Gasteiger charge is 2.06. The number of carbonyl (C=O) groups excluding carboxylic acids is 2. The predicted molar refractivity (Wildman–Crippen MR) is 83.6 cm³/mol. The van der Waals surface area contributed by atoms with E-state index in [1.807, 2.05) is 31.3 Å². The number of hydrogen-bond donors (Lipinski definition) is 2. The van der Waals surface area contributed by atoms with Gasteiger partial charge >= 0.3 is 0 Å². The molecule has 2 aromatic carbocycles. The maximum atomic E-state index is 12.0. The molecule has 0 atom stereocenters. The van der Waals surface area contributed by atoms with Crippen LogP contribution in [0.5, 0.6) is 0 Å². The van der Waals surface area contributed by atoms with Gasteiger partial charge in [0.1, 0.15) is 0 Å². The minimum absolute atomic E-state index is 0.00779. The van der Waals surface area contributed by atoms with Crippen molar-refractivity contribution in [3.05, 3.63) is 65.2 Å². The Morgan fingerprint density at radius 3 is 2.00 bits per heavy atom. The van der Waals surface area contributed by atoms with Crippen molar-refractivity contribution in [1.82, 2.24) is 5.32 Å². The molecule has 4 nitrogen and oxygen atoms in total. The summed E-state index contributed by atoms with van der Waals surface area (Å²) in [5.41, 5.74) is 3.22. The fourth-order valence-electron chi connectivity index (χ4n) is 1.93. The van der Waals surface area contributed by atoms with E-state index in [1.165, 1.54) is 6.92 Å². The first kappa shape index (κ1) is 14.8. The van der Waals surface area contributed by atoms with Gasteiger partial charge < -0.3 is 10.6 Å². The Labute approximate surface area is 124 Å². The average Bonchev–Trinajstić information content (AvgIpc) is 2.53. The van der Waals surface area contributed by atoms with Crippen molar-refractivity contribution in [1.29, 1.82) is 0 Å². The van der Waals surface area contributed by atoms with E-state index in [-0.39, 0.29) is 11.7 Å². The molecule has 0 bridgehead atoms. The molecule has 0 aliphatic carbocycles. The van der Waals surface area contributed by atoms with E-state index in [2.05, 4.69) is 10.6 Å². The highest BCUT2D eigenvalue weighted by Crippen LogP contribution is 2.09. The molecule has 0 aliphatic heterocycles. The number of hydrogen-bond acceptors (Lipinski definition) is 3. The number of ketones is 1. The quantitative estimate of drug-likeness (QED) is 0.829. The highest BCUT2D eigenvalue weighted by molar-refractivity contribution is 5.97. The summed E-state index contributed by atoms with van der Waals surface area (Å²) >= 11 is 0. The summed E-state index contributed by atoms with van der Waals surface area (Å²) in [7, 11) is 1.86. The van der Waals surface area contributed by atoms with Gasteiger partial charge in [0.25, 0.3) is 5.91 Å². The first-order chi connectivity index (χ1) is 10.1. The van der Waals surface area contributed by atoms with Crippen LogP contribution in [0.15, 0.2) is 48.5 Å². The van der Waals surface area contributed by atoms with E-state index < -0.39 is 0 Å². The van der Waals surface area contributed by atoms with Crippen molar-refractivity contribution in [2.75, 3.05) is 12.4 Å². The van der Waals surface area contributed by atoms with E-state index in [0.717, 1.165) is 11.3 Å². The lowest BCUT2D eigenvalue weighted by atomic mass is 10.1. The largest absolute Gasteiger partial charge is 0.388 e. The van der Waals surface area contributed by atoms with E-state index >= 15 is 0 Å². The third-order valence-electron chi connectivity index (χ3n) is 3.25. The minimum Gasteiger partial charge on any atom is -0.388 e. The smallest absolute Gasteiger partial charge is 0.251 e. The summed E-state index contributed by atoms with van der Waals surface area (Å²) < 4.78 is 0. The van der Waals surface area contributed by atoms with Gasteiger partial charge in [0.2, 0.25) is 0 Å². The third kappa shape index (κ3) is 3.92. The van der Waals surface area contributed by atoms with Crippen molar-refractivity contribution < 1.29 is 9.59 Å². The van der Waals surface area contributed by atoms with Gasteiger partial charge in [-0.05, 0) is 36.8 Å². The van der Waals surface area contributed by atoms with Crippen molar-refractivity contribution in [3.63, 3.8) is 0 Å². The fourth-order valence-corrected chi connectivity index (χ4v) is 1.93. The second-order valence-corrected chi connectivity index (χ2v) is 4.76. The maximum Gasteiger partial charge on any atom is 0.251 e. The molecule has 0 aliphatic rings.